The SMILES string of the molecule is CC(C)NCc1csc(N(C)C2CCOCC2)n1. The molecular formula is C13H23N3OS. The molecule has 1 aromatic rings. The molecule has 0 aromatic carbocycles. The predicted octanol–water partition coefficient (Wildman–Crippen LogP) is 2.26. The quantitative estimate of drug-likeness (QED) is 0.889. The first kappa shape index (κ1) is 13.8. The average Bonchev–Trinajstić information content (AvgIpc) is 2.85. The summed E-state index contributed by atoms with van der Waals surface area (Å²) in [5.74, 6) is 0. The molecule has 2 rings (SSSR count). The molecule has 1 aliphatic heterocycles. The van der Waals surface area contributed by atoms with E-state index in [0.29, 0.717) is 12.1 Å². The average molecular weight is 269 g/mol. The lowest BCUT2D eigenvalue weighted by molar-refractivity contribution is 0.0855. The van der Waals surface area contributed by atoms with Crippen molar-refractivity contribution in [3.63, 3.8) is 0 Å². The van der Waals surface area contributed by atoms with Gasteiger partial charge in [-0.25, -0.2) is 4.98 Å². The molecule has 18 heavy (non-hydrogen) atoms. The highest BCUT2D eigenvalue weighted by molar-refractivity contribution is 7.13. The van der Waals surface area contributed by atoms with Gasteiger partial charge < -0.3 is 15.0 Å². The number of rotatable bonds is 5. The summed E-state index contributed by atoms with van der Waals surface area (Å²) in [7, 11) is 2.15. The maximum absolute atomic E-state index is 5.40. The lowest BCUT2D eigenvalue weighted by Gasteiger charge is -2.30. The minimum absolute atomic E-state index is 0.503. The van der Waals surface area contributed by atoms with Crippen molar-refractivity contribution >= 4 is 16.5 Å². The molecule has 4 nitrogen and oxygen atoms in total. The van der Waals surface area contributed by atoms with Gasteiger partial charge in [0.25, 0.3) is 0 Å². The molecule has 2 heterocycles. The molecule has 1 saturated heterocycles. The minimum atomic E-state index is 0.503. The van der Waals surface area contributed by atoms with Gasteiger partial charge in [0.2, 0.25) is 0 Å². The third kappa shape index (κ3) is 3.67. The Kier molecular flexibility index (Phi) is 4.97. The second-order valence-electron chi connectivity index (χ2n) is 5.11. The Morgan fingerprint density at radius 3 is 2.89 bits per heavy atom. The topological polar surface area (TPSA) is 37.4 Å². The van der Waals surface area contributed by atoms with Crippen LogP contribution in [-0.4, -0.2) is 37.3 Å². The van der Waals surface area contributed by atoms with E-state index in [1.54, 1.807) is 11.3 Å². The summed E-state index contributed by atoms with van der Waals surface area (Å²) in [6, 6.07) is 1.08. The van der Waals surface area contributed by atoms with E-state index in [-0.39, 0.29) is 0 Å². The maximum atomic E-state index is 5.40. The van der Waals surface area contributed by atoms with Gasteiger partial charge in [-0.15, -0.1) is 11.3 Å². The Morgan fingerprint density at radius 2 is 2.22 bits per heavy atom. The molecule has 5 heteroatoms. The standard InChI is InChI=1S/C13H23N3OS/c1-10(2)14-8-11-9-18-13(15-11)16(3)12-4-6-17-7-5-12/h9-10,12,14H,4-8H2,1-3H3. The van der Waals surface area contributed by atoms with Crippen LogP contribution >= 0.6 is 11.3 Å². The molecule has 102 valence electrons. The number of ether oxygens (including phenoxy) is 1. The van der Waals surface area contributed by atoms with Crippen molar-refractivity contribution in [2.45, 2.75) is 45.3 Å². The zero-order chi connectivity index (χ0) is 13.0. The number of nitrogens with one attached hydrogen (secondary N) is 1. The van der Waals surface area contributed by atoms with Crippen molar-refractivity contribution in [1.82, 2.24) is 10.3 Å². The van der Waals surface area contributed by atoms with E-state index >= 15 is 0 Å². The molecule has 1 N–H and O–H groups in total. The van der Waals surface area contributed by atoms with Gasteiger partial charge in [-0.1, -0.05) is 13.8 Å². The predicted molar refractivity (Wildman–Crippen MR) is 76.3 cm³/mol. The van der Waals surface area contributed by atoms with Crippen LogP contribution in [0.15, 0.2) is 5.38 Å². The van der Waals surface area contributed by atoms with E-state index in [4.69, 9.17) is 9.72 Å². The molecule has 0 atom stereocenters. The molecule has 0 unspecified atom stereocenters. The molecule has 0 amide bonds. The van der Waals surface area contributed by atoms with Crippen molar-refractivity contribution in [3.05, 3.63) is 11.1 Å². The van der Waals surface area contributed by atoms with E-state index in [1.165, 1.54) is 0 Å². The van der Waals surface area contributed by atoms with Crippen LogP contribution in [0.1, 0.15) is 32.4 Å². The molecule has 0 saturated carbocycles. The Hall–Kier alpha value is -0.650. The zero-order valence-corrected chi connectivity index (χ0v) is 12.3. The van der Waals surface area contributed by atoms with Crippen molar-refractivity contribution in [1.29, 1.82) is 0 Å². The van der Waals surface area contributed by atoms with Crippen LogP contribution in [0.25, 0.3) is 0 Å². The second-order valence-corrected chi connectivity index (χ2v) is 5.95. The third-order valence-electron chi connectivity index (χ3n) is 3.27. The summed E-state index contributed by atoms with van der Waals surface area (Å²) in [6.45, 7) is 6.92. The number of thiazole rings is 1. The van der Waals surface area contributed by atoms with Gasteiger partial charge in [-0.3, -0.25) is 0 Å². The second kappa shape index (κ2) is 6.50. The van der Waals surface area contributed by atoms with Gasteiger partial charge in [-0.05, 0) is 12.8 Å². The summed E-state index contributed by atoms with van der Waals surface area (Å²) in [5.41, 5.74) is 1.14. The van der Waals surface area contributed by atoms with E-state index < -0.39 is 0 Å². The van der Waals surface area contributed by atoms with Crippen LogP contribution in [0.2, 0.25) is 0 Å². The highest BCUT2D eigenvalue weighted by atomic mass is 32.1. The third-order valence-corrected chi connectivity index (χ3v) is 4.25. The summed E-state index contributed by atoms with van der Waals surface area (Å²) in [6.07, 6.45) is 2.21. The van der Waals surface area contributed by atoms with Gasteiger partial charge in [-0.2, -0.15) is 0 Å². The number of aromatic nitrogens is 1. The smallest absolute Gasteiger partial charge is 0.185 e. The number of nitrogens with zero attached hydrogens (tertiary/aromatic N) is 2. The van der Waals surface area contributed by atoms with Gasteiger partial charge in [0, 0.05) is 44.3 Å². The van der Waals surface area contributed by atoms with Crippen molar-refractivity contribution in [2.75, 3.05) is 25.2 Å². The van der Waals surface area contributed by atoms with Crippen LogP contribution in [0.4, 0.5) is 5.13 Å². The van der Waals surface area contributed by atoms with E-state index in [9.17, 15) is 0 Å². The molecule has 1 aromatic heterocycles. The molecule has 0 bridgehead atoms. The Labute approximate surface area is 113 Å². The van der Waals surface area contributed by atoms with Crippen molar-refractivity contribution in [3.8, 4) is 0 Å². The maximum Gasteiger partial charge on any atom is 0.185 e. The minimum Gasteiger partial charge on any atom is -0.381 e. The highest BCUT2D eigenvalue weighted by Crippen LogP contribution is 2.24. The molecule has 0 spiro atoms. The summed E-state index contributed by atoms with van der Waals surface area (Å²) < 4.78 is 5.40. The van der Waals surface area contributed by atoms with E-state index in [2.05, 4.69) is 36.5 Å². The normalized spacial score (nSPS) is 17.3. The first-order valence-electron chi connectivity index (χ1n) is 6.65. The highest BCUT2D eigenvalue weighted by Gasteiger charge is 2.20. The first-order chi connectivity index (χ1) is 8.66. The monoisotopic (exact) mass is 269 g/mol. The van der Waals surface area contributed by atoms with Crippen LogP contribution in [0.5, 0.6) is 0 Å². The van der Waals surface area contributed by atoms with Crippen LogP contribution in [0.3, 0.4) is 0 Å². The Morgan fingerprint density at radius 1 is 1.50 bits per heavy atom. The molecule has 0 aliphatic carbocycles. The largest absolute Gasteiger partial charge is 0.381 e. The van der Waals surface area contributed by atoms with E-state index in [0.717, 1.165) is 43.4 Å². The van der Waals surface area contributed by atoms with Gasteiger partial charge in [0.1, 0.15) is 0 Å². The number of anilines is 1. The molecule has 0 radical (unpaired) electrons. The first-order valence-corrected chi connectivity index (χ1v) is 7.53. The summed E-state index contributed by atoms with van der Waals surface area (Å²) >= 11 is 1.74. The van der Waals surface area contributed by atoms with Gasteiger partial charge >= 0.3 is 0 Å². The van der Waals surface area contributed by atoms with Gasteiger partial charge in [0.05, 0.1) is 5.69 Å². The molecule has 1 aliphatic rings. The Balaban J connectivity index is 1.91. The Bertz CT molecular complexity index is 361. The number of hydrogen-bond donors (Lipinski definition) is 1. The van der Waals surface area contributed by atoms with Gasteiger partial charge in [0.15, 0.2) is 5.13 Å². The lowest BCUT2D eigenvalue weighted by Crippen LogP contribution is -2.36. The van der Waals surface area contributed by atoms with Crippen molar-refractivity contribution in [2.24, 2.45) is 0 Å². The van der Waals surface area contributed by atoms with Crippen molar-refractivity contribution < 1.29 is 4.74 Å². The fourth-order valence-electron chi connectivity index (χ4n) is 2.08. The van der Waals surface area contributed by atoms with Crippen LogP contribution in [0, 0.1) is 0 Å². The fraction of sp³-hybridized carbons (Fsp3) is 0.769. The van der Waals surface area contributed by atoms with Crippen LogP contribution in [-0.2, 0) is 11.3 Å². The van der Waals surface area contributed by atoms with E-state index in [1.807, 2.05) is 0 Å². The lowest BCUT2D eigenvalue weighted by atomic mass is 10.1. The molecular weight excluding hydrogens is 246 g/mol. The molecule has 1 fully saturated rings. The van der Waals surface area contributed by atoms with Crippen LogP contribution < -0.4 is 10.2 Å². The number of hydrogen-bond acceptors (Lipinski definition) is 5. The zero-order valence-electron chi connectivity index (χ0n) is 11.5. The summed E-state index contributed by atoms with van der Waals surface area (Å²) in [5, 5.41) is 6.68. The fourth-order valence-corrected chi connectivity index (χ4v) is 2.94. The summed E-state index contributed by atoms with van der Waals surface area (Å²) in [4.78, 5) is 7.01.